The zero-order valence-corrected chi connectivity index (χ0v) is 16.6. The van der Waals surface area contributed by atoms with E-state index in [9.17, 15) is 4.79 Å². The van der Waals surface area contributed by atoms with Crippen molar-refractivity contribution in [2.45, 2.75) is 17.5 Å². The van der Waals surface area contributed by atoms with Crippen LogP contribution in [-0.4, -0.2) is 35.0 Å². The highest BCUT2D eigenvalue weighted by Crippen LogP contribution is 2.32. The van der Waals surface area contributed by atoms with E-state index in [2.05, 4.69) is 16.8 Å². The Kier molecular flexibility index (Phi) is 6.49. The molecule has 0 spiro atoms. The number of methoxy groups -OCH3 is 2. The van der Waals surface area contributed by atoms with Crippen molar-refractivity contribution in [2.24, 2.45) is 0 Å². The lowest BCUT2D eigenvalue weighted by Gasteiger charge is -2.11. The largest absolute Gasteiger partial charge is 0.496 e. The van der Waals surface area contributed by atoms with E-state index >= 15 is 0 Å². The monoisotopic (exact) mass is 395 g/mol. The van der Waals surface area contributed by atoms with Gasteiger partial charge in [-0.2, -0.15) is 0 Å². The van der Waals surface area contributed by atoms with Crippen molar-refractivity contribution in [3.05, 3.63) is 72.3 Å². The fourth-order valence-corrected chi connectivity index (χ4v) is 3.77. The average molecular weight is 395 g/mol. The zero-order valence-electron chi connectivity index (χ0n) is 15.8. The molecule has 1 heterocycles. The number of para-hydroxylation sites is 1. The maximum absolute atomic E-state index is 12.0. The van der Waals surface area contributed by atoms with Crippen LogP contribution in [0.15, 0.2) is 66.3 Å². The number of hydrogen-bond acceptors (Lipinski definition) is 6. The number of allylic oxidation sites excluding steroid dienone is 1. The predicted octanol–water partition coefficient (Wildman–Crippen LogP) is 4.22. The summed E-state index contributed by atoms with van der Waals surface area (Å²) >= 11 is 1.50. The number of esters is 1. The molecule has 3 rings (SSSR count). The molecule has 0 saturated heterocycles. The molecule has 7 heteroatoms. The summed E-state index contributed by atoms with van der Waals surface area (Å²) in [6, 6.07) is 15.1. The molecule has 144 valence electrons. The molecule has 0 unspecified atom stereocenters. The Morgan fingerprint density at radius 2 is 1.89 bits per heavy atom. The van der Waals surface area contributed by atoms with Gasteiger partial charge in [0.05, 0.1) is 25.3 Å². The van der Waals surface area contributed by atoms with E-state index in [-0.39, 0.29) is 5.97 Å². The number of aromatic nitrogens is 3. The Hall–Kier alpha value is -3.06. The van der Waals surface area contributed by atoms with Gasteiger partial charge in [-0.05, 0) is 23.8 Å². The maximum atomic E-state index is 12.0. The summed E-state index contributed by atoms with van der Waals surface area (Å²) in [6.07, 6.45) is 1.80. The minimum absolute atomic E-state index is 0.349. The number of thioether (sulfide) groups is 1. The summed E-state index contributed by atoms with van der Waals surface area (Å²) in [6.45, 7) is 4.40. The number of hydrogen-bond donors (Lipinski definition) is 0. The molecule has 3 aromatic rings. The van der Waals surface area contributed by atoms with E-state index in [1.165, 1.54) is 18.9 Å². The molecule has 2 aromatic carbocycles. The first-order valence-corrected chi connectivity index (χ1v) is 9.64. The van der Waals surface area contributed by atoms with Gasteiger partial charge >= 0.3 is 5.97 Å². The fraction of sp³-hybridized carbons (Fsp3) is 0.190. The molecule has 6 nitrogen and oxygen atoms in total. The molecule has 0 N–H and O–H groups in total. The second-order valence-corrected chi connectivity index (χ2v) is 6.79. The lowest BCUT2D eigenvalue weighted by molar-refractivity contribution is 0.0600. The Labute approximate surface area is 168 Å². The van der Waals surface area contributed by atoms with Gasteiger partial charge in [0.25, 0.3) is 0 Å². The zero-order chi connectivity index (χ0) is 19.9. The van der Waals surface area contributed by atoms with Crippen molar-refractivity contribution in [1.82, 2.24) is 14.8 Å². The van der Waals surface area contributed by atoms with Crippen molar-refractivity contribution in [3.63, 3.8) is 0 Å². The Morgan fingerprint density at radius 1 is 1.14 bits per heavy atom. The molecular formula is C21H21N3O3S. The third kappa shape index (κ3) is 4.09. The van der Waals surface area contributed by atoms with Crippen LogP contribution in [0.3, 0.4) is 0 Å². The quantitative estimate of drug-likeness (QED) is 0.323. The third-order valence-electron chi connectivity index (χ3n) is 4.16. The average Bonchev–Trinajstić information content (AvgIpc) is 3.14. The molecule has 0 bridgehead atoms. The number of ether oxygens (including phenoxy) is 2. The van der Waals surface area contributed by atoms with Crippen LogP contribution < -0.4 is 4.74 Å². The highest BCUT2D eigenvalue weighted by atomic mass is 32.2. The van der Waals surface area contributed by atoms with Gasteiger partial charge in [-0.15, -0.1) is 16.8 Å². The van der Waals surface area contributed by atoms with Gasteiger partial charge in [0.2, 0.25) is 0 Å². The molecule has 0 saturated carbocycles. The summed E-state index contributed by atoms with van der Waals surface area (Å²) in [7, 11) is 3.01. The van der Waals surface area contributed by atoms with Crippen LogP contribution in [0.4, 0.5) is 0 Å². The highest BCUT2D eigenvalue weighted by Gasteiger charge is 2.18. The van der Waals surface area contributed by atoms with Gasteiger partial charge in [0, 0.05) is 12.3 Å². The first-order chi connectivity index (χ1) is 13.7. The lowest BCUT2D eigenvalue weighted by Crippen LogP contribution is -2.05. The van der Waals surface area contributed by atoms with Gasteiger partial charge < -0.3 is 9.47 Å². The summed E-state index contributed by atoms with van der Waals surface area (Å²) in [5, 5.41) is 9.46. The molecule has 0 aliphatic carbocycles. The maximum Gasteiger partial charge on any atom is 0.338 e. The van der Waals surface area contributed by atoms with Crippen molar-refractivity contribution < 1.29 is 14.3 Å². The van der Waals surface area contributed by atoms with Crippen molar-refractivity contribution in [2.75, 3.05) is 14.2 Å². The minimum atomic E-state index is -0.349. The van der Waals surface area contributed by atoms with Gasteiger partial charge in [0.15, 0.2) is 11.0 Å². The molecule has 28 heavy (non-hydrogen) atoms. The van der Waals surface area contributed by atoms with Crippen molar-refractivity contribution in [3.8, 4) is 17.1 Å². The number of benzene rings is 2. The summed E-state index contributed by atoms with van der Waals surface area (Å²) < 4.78 is 12.3. The summed E-state index contributed by atoms with van der Waals surface area (Å²) in [5.74, 6) is 1.65. The first-order valence-electron chi connectivity index (χ1n) is 8.66. The van der Waals surface area contributed by atoms with E-state index in [0.717, 1.165) is 22.0 Å². The van der Waals surface area contributed by atoms with Gasteiger partial charge in [-0.25, -0.2) is 4.79 Å². The molecule has 0 radical (unpaired) electrons. The second-order valence-electron chi connectivity index (χ2n) is 5.84. The number of carbonyl (C=O) groups excluding carboxylic acids is 1. The highest BCUT2D eigenvalue weighted by molar-refractivity contribution is 7.98. The summed E-state index contributed by atoms with van der Waals surface area (Å²) in [5.41, 5.74) is 2.30. The van der Waals surface area contributed by atoms with Crippen LogP contribution in [0.5, 0.6) is 5.75 Å². The van der Waals surface area contributed by atoms with Crippen LogP contribution in [0.2, 0.25) is 0 Å². The predicted molar refractivity (Wildman–Crippen MR) is 110 cm³/mol. The molecular weight excluding hydrogens is 374 g/mol. The van der Waals surface area contributed by atoms with E-state index in [1.54, 1.807) is 19.3 Å². The van der Waals surface area contributed by atoms with E-state index in [1.807, 2.05) is 47.0 Å². The van der Waals surface area contributed by atoms with E-state index < -0.39 is 0 Å². The van der Waals surface area contributed by atoms with Crippen LogP contribution in [0.1, 0.15) is 15.9 Å². The normalized spacial score (nSPS) is 10.5. The Balaban J connectivity index is 1.91. The van der Waals surface area contributed by atoms with Gasteiger partial charge in [0.1, 0.15) is 5.75 Å². The SMILES string of the molecule is C=CCn1c(SCc2ccccc2C(=O)OC)nnc1-c1ccccc1OC. The number of carbonyl (C=O) groups is 1. The molecule has 0 fully saturated rings. The van der Waals surface area contributed by atoms with Crippen molar-refractivity contribution >= 4 is 17.7 Å². The topological polar surface area (TPSA) is 66.2 Å². The van der Waals surface area contributed by atoms with Gasteiger partial charge in [-0.1, -0.05) is 48.2 Å². The van der Waals surface area contributed by atoms with Crippen LogP contribution in [-0.2, 0) is 17.0 Å². The van der Waals surface area contributed by atoms with Crippen LogP contribution >= 0.6 is 11.8 Å². The molecule has 1 aromatic heterocycles. The standard InChI is InChI=1S/C21H21N3O3S/c1-4-13-24-19(17-11-7-8-12-18(17)26-2)22-23-21(24)28-14-15-9-5-6-10-16(15)20(25)27-3/h4-12H,1,13-14H2,2-3H3. The first kappa shape index (κ1) is 19.7. The number of rotatable bonds is 8. The molecule has 0 aliphatic rings. The smallest absolute Gasteiger partial charge is 0.338 e. The third-order valence-corrected chi connectivity index (χ3v) is 5.17. The molecule has 0 amide bonds. The second kappa shape index (κ2) is 9.23. The Morgan fingerprint density at radius 3 is 2.64 bits per heavy atom. The van der Waals surface area contributed by atoms with Gasteiger partial charge in [-0.3, -0.25) is 4.57 Å². The molecule has 0 atom stereocenters. The molecule has 0 aliphatic heterocycles. The summed E-state index contributed by atoms with van der Waals surface area (Å²) in [4.78, 5) is 12.0. The van der Waals surface area contributed by atoms with E-state index in [0.29, 0.717) is 23.7 Å². The Bertz CT molecular complexity index is 985. The number of nitrogens with zero attached hydrogens (tertiary/aromatic N) is 3. The van der Waals surface area contributed by atoms with Crippen LogP contribution in [0, 0.1) is 0 Å². The minimum Gasteiger partial charge on any atom is -0.496 e. The van der Waals surface area contributed by atoms with Crippen molar-refractivity contribution in [1.29, 1.82) is 0 Å². The van der Waals surface area contributed by atoms with E-state index in [4.69, 9.17) is 9.47 Å². The fourth-order valence-electron chi connectivity index (χ4n) is 2.82. The van der Waals surface area contributed by atoms with Crippen LogP contribution in [0.25, 0.3) is 11.4 Å². The lowest BCUT2D eigenvalue weighted by atomic mass is 10.1.